The van der Waals surface area contributed by atoms with Gasteiger partial charge in [-0.2, -0.15) is 0 Å². The molecule has 0 bridgehead atoms. The van der Waals surface area contributed by atoms with E-state index in [-0.39, 0.29) is 5.91 Å². The largest absolute Gasteiger partial charge is 0.382 e. The van der Waals surface area contributed by atoms with E-state index in [4.69, 9.17) is 4.98 Å². The molecule has 0 radical (unpaired) electrons. The number of nitrogens with one attached hydrogen (secondary N) is 4. The fourth-order valence-electron chi connectivity index (χ4n) is 3.40. The van der Waals surface area contributed by atoms with Gasteiger partial charge in [-0.1, -0.05) is 24.8 Å². The number of hydrogen-bond acceptors (Lipinski definition) is 7. The smallest absolute Gasteiger partial charge is 0.247 e. The molecule has 0 aliphatic carbocycles. The van der Waals surface area contributed by atoms with Gasteiger partial charge in [-0.25, -0.2) is 9.97 Å². The Morgan fingerprint density at radius 1 is 1.06 bits per heavy atom. The van der Waals surface area contributed by atoms with E-state index in [1.54, 1.807) is 18.6 Å². The van der Waals surface area contributed by atoms with Crippen molar-refractivity contribution in [3.63, 3.8) is 0 Å². The topological polar surface area (TPSA) is 104 Å². The molecule has 0 atom stereocenters. The fourth-order valence-corrected chi connectivity index (χ4v) is 3.40. The third-order valence-electron chi connectivity index (χ3n) is 5.01. The molecular weight excluding hydrogens is 414 g/mol. The molecule has 4 N–H and O–H groups in total. The maximum Gasteiger partial charge on any atom is 0.247 e. The van der Waals surface area contributed by atoms with Crippen LogP contribution >= 0.6 is 0 Å². The van der Waals surface area contributed by atoms with Gasteiger partial charge in [-0.15, -0.1) is 0 Å². The first kappa shape index (κ1) is 21.9. The first-order chi connectivity index (χ1) is 16.2. The van der Waals surface area contributed by atoms with Gasteiger partial charge in [0.05, 0.1) is 16.9 Å². The van der Waals surface area contributed by atoms with Crippen molar-refractivity contribution in [1.82, 2.24) is 20.3 Å². The van der Waals surface area contributed by atoms with E-state index >= 15 is 0 Å². The molecule has 2 aromatic carbocycles. The molecule has 0 saturated carbocycles. The van der Waals surface area contributed by atoms with Gasteiger partial charge in [0, 0.05) is 48.3 Å². The molecule has 8 nitrogen and oxygen atoms in total. The number of fused-ring (bicyclic) bond motifs is 1. The summed E-state index contributed by atoms with van der Waals surface area (Å²) < 4.78 is 0. The van der Waals surface area contributed by atoms with Crippen molar-refractivity contribution in [2.45, 2.75) is 0 Å². The van der Waals surface area contributed by atoms with Crippen LogP contribution in [0.2, 0.25) is 0 Å². The number of nitrogens with zero attached hydrogens (tertiary/aromatic N) is 3. The monoisotopic (exact) mass is 439 g/mol. The van der Waals surface area contributed by atoms with Gasteiger partial charge >= 0.3 is 0 Å². The minimum absolute atomic E-state index is 0.284. The van der Waals surface area contributed by atoms with E-state index in [1.165, 1.54) is 6.08 Å². The zero-order valence-corrected chi connectivity index (χ0v) is 18.3. The van der Waals surface area contributed by atoms with Crippen LogP contribution in [0.3, 0.4) is 0 Å². The second kappa shape index (κ2) is 10.3. The summed E-state index contributed by atoms with van der Waals surface area (Å²) in [6.45, 7) is 5.04. The van der Waals surface area contributed by atoms with Crippen LogP contribution in [0.25, 0.3) is 22.0 Å². The lowest BCUT2D eigenvalue weighted by molar-refractivity contribution is -0.111. The normalized spacial score (nSPS) is 10.6. The Morgan fingerprint density at radius 3 is 2.70 bits per heavy atom. The highest BCUT2D eigenvalue weighted by Crippen LogP contribution is 2.30. The number of benzene rings is 2. The summed E-state index contributed by atoms with van der Waals surface area (Å²) >= 11 is 0. The van der Waals surface area contributed by atoms with Crippen LogP contribution < -0.4 is 21.3 Å². The molecule has 166 valence electrons. The van der Waals surface area contributed by atoms with Crippen LogP contribution in [-0.2, 0) is 4.79 Å². The van der Waals surface area contributed by atoms with Crippen LogP contribution in [0.5, 0.6) is 0 Å². The Hall–Kier alpha value is -4.30. The molecule has 8 heteroatoms. The molecule has 33 heavy (non-hydrogen) atoms. The minimum atomic E-state index is -0.284. The first-order valence-corrected chi connectivity index (χ1v) is 10.6. The Bertz CT molecular complexity index is 1270. The molecular formula is C25H25N7O. The van der Waals surface area contributed by atoms with Gasteiger partial charge in [0.25, 0.3) is 0 Å². The Morgan fingerprint density at radius 2 is 1.91 bits per heavy atom. The molecule has 0 spiro atoms. The number of hydrogen-bond donors (Lipinski definition) is 4. The Labute approximate surface area is 192 Å². The maximum atomic E-state index is 11.9. The standard InChI is InChI=1S/C25H25N7O/c1-3-23(33)31-22-15-19(7-8-21(22)28-14-13-26-2)30-25-29-16-18-5-4-6-20(24(18)32-25)17-9-11-27-12-10-17/h3-12,15-16,26,28H,1,13-14H2,2H3,(H,31,33)(H,29,30,32). The number of amides is 1. The van der Waals surface area contributed by atoms with E-state index in [9.17, 15) is 4.79 Å². The highest BCUT2D eigenvalue weighted by atomic mass is 16.1. The lowest BCUT2D eigenvalue weighted by Crippen LogP contribution is -2.19. The number of carbonyl (C=O) groups is 1. The zero-order chi connectivity index (χ0) is 23.0. The van der Waals surface area contributed by atoms with Gasteiger partial charge in [0.1, 0.15) is 0 Å². The van der Waals surface area contributed by atoms with E-state index in [0.717, 1.165) is 39.9 Å². The molecule has 1 amide bonds. The van der Waals surface area contributed by atoms with Gasteiger partial charge in [0.2, 0.25) is 11.9 Å². The zero-order valence-electron chi connectivity index (χ0n) is 18.3. The number of rotatable bonds is 9. The van der Waals surface area contributed by atoms with Crippen molar-refractivity contribution >= 4 is 39.8 Å². The van der Waals surface area contributed by atoms with E-state index < -0.39 is 0 Å². The number of likely N-dealkylation sites (N-methyl/N-ethyl adjacent to an activating group) is 1. The third kappa shape index (κ3) is 5.31. The summed E-state index contributed by atoms with van der Waals surface area (Å²) in [6.07, 6.45) is 6.56. The lowest BCUT2D eigenvalue weighted by atomic mass is 10.0. The quantitative estimate of drug-likeness (QED) is 0.229. The molecule has 0 unspecified atom stereocenters. The second-order valence-electron chi connectivity index (χ2n) is 7.28. The first-order valence-electron chi connectivity index (χ1n) is 10.6. The highest BCUT2D eigenvalue weighted by molar-refractivity contribution is 6.01. The summed E-state index contributed by atoms with van der Waals surface area (Å²) in [6, 6.07) is 15.6. The van der Waals surface area contributed by atoms with Crippen molar-refractivity contribution in [1.29, 1.82) is 0 Å². The number of para-hydroxylation sites is 1. The van der Waals surface area contributed by atoms with Crippen LogP contribution in [0.1, 0.15) is 0 Å². The number of aromatic nitrogens is 3. The fraction of sp³-hybridized carbons (Fsp3) is 0.120. The van der Waals surface area contributed by atoms with Crippen LogP contribution in [-0.4, -0.2) is 41.0 Å². The molecule has 2 aromatic heterocycles. The van der Waals surface area contributed by atoms with Gasteiger partial charge in [-0.05, 0) is 49.0 Å². The maximum absolute atomic E-state index is 11.9. The van der Waals surface area contributed by atoms with E-state index in [1.807, 2.05) is 55.6 Å². The van der Waals surface area contributed by atoms with Crippen LogP contribution in [0.4, 0.5) is 23.0 Å². The minimum Gasteiger partial charge on any atom is -0.382 e. The average molecular weight is 440 g/mol. The van der Waals surface area contributed by atoms with Crippen molar-refractivity contribution in [3.05, 3.63) is 79.8 Å². The van der Waals surface area contributed by atoms with Gasteiger partial charge < -0.3 is 21.3 Å². The van der Waals surface area contributed by atoms with Crippen LogP contribution in [0, 0.1) is 0 Å². The number of anilines is 4. The highest BCUT2D eigenvalue weighted by Gasteiger charge is 2.10. The summed E-state index contributed by atoms with van der Waals surface area (Å²) in [5.41, 5.74) is 5.07. The average Bonchev–Trinajstić information content (AvgIpc) is 2.85. The third-order valence-corrected chi connectivity index (χ3v) is 5.01. The molecule has 0 aliphatic heterocycles. The Balaban J connectivity index is 1.65. The molecule has 2 heterocycles. The van der Waals surface area contributed by atoms with Crippen LogP contribution in [0.15, 0.2) is 79.8 Å². The van der Waals surface area contributed by atoms with Crippen molar-refractivity contribution in [2.24, 2.45) is 0 Å². The predicted molar refractivity (Wildman–Crippen MR) is 134 cm³/mol. The van der Waals surface area contributed by atoms with Gasteiger partial charge in [-0.3, -0.25) is 9.78 Å². The predicted octanol–water partition coefficient (Wildman–Crippen LogP) is 4.19. The molecule has 0 aliphatic rings. The number of pyridine rings is 1. The SMILES string of the molecule is C=CC(=O)Nc1cc(Nc2ncc3cccc(-c4ccncc4)c3n2)ccc1NCCNC. The van der Waals surface area contributed by atoms with Crippen molar-refractivity contribution in [2.75, 3.05) is 36.1 Å². The van der Waals surface area contributed by atoms with E-state index in [0.29, 0.717) is 18.2 Å². The summed E-state index contributed by atoms with van der Waals surface area (Å²) in [5.74, 6) is 0.175. The Kier molecular flexibility index (Phi) is 6.87. The molecule has 0 saturated heterocycles. The molecule has 0 fully saturated rings. The van der Waals surface area contributed by atoms with Crippen molar-refractivity contribution in [3.8, 4) is 11.1 Å². The number of carbonyl (C=O) groups excluding carboxylic acids is 1. The summed E-state index contributed by atoms with van der Waals surface area (Å²) in [4.78, 5) is 25.3. The summed E-state index contributed by atoms with van der Waals surface area (Å²) in [5, 5.41) is 13.4. The van der Waals surface area contributed by atoms with Gasteiger partial charge in [0.15, 0.2) is 0 Å². The lowest BCUT2D eigenvalue weighted by Gasteiger charge is -2.15. The molecule has 4 rings (SSSR count). The van der Waals surface area contributed by atoms with Crippen molar-refractivity contribution < 1.29 is 4.79 Å². The second-order valence-corrected chi connectivity index (χ2v) is 7.28. The molecule has 4 aromatic rings. The van der Waals surface area contributed by atoms with E-state index in [2.05, 4.69) is 37.8 Å². The summed E-state index contributed by atoms with van der Waals surface area (Å²) in [7, 11) is 1.89.